The van der Waals surface area contributed by atoms with E-state index in [0.717, 1.165) is 13.0 Å². The predicted molar refractivity (Wildman–Crippen MR) is 70.7 cm³/mol. The van der Waals surface area contributed by atoms with Gasteiger partial charge in [0.05, 0.1) is 0 Å². The molecule has 1 aromatic rings. The van der Waals surface area contributed by atoms with E-state index in [1.807, 2.05) is 0 Å². The lowest BCUT2D eigenvalue weighted by Crippen LogP contribution is -2.44. The number of amides is 1. The third-order valence-corrected chi connectivity index (χ3v) is 3.53. The lowest BCUT2D eigenvalue weighted by molar-refractivity contribution is 0.0928. The lowest BCUT2D eigenvalue weighted by Gasteiger charge is -2.32. The number of nitrogens with one attached hydrogen (secondary N) is 1. The van der Waals surface area contributed by atoms with Crippen LogP contribution in [0.15, 0.2) is 24.3 Å². The summed E-state index contributed by atoms with van der Waals surface area (Å²) in [5, 5.41) is 12.3. The Morgan fingerprint density at radius 1 is 1.50 bits per heavy atom. The molecular formula is C14H20N2O2. The second-order valence-corrected chi connectivity index (χ2v) is 4.89. The number of hydrogen-bond acceptors (Lipinski definition) is 3. The van der Waals surface area contributed by atoms with Gasteiger partial charge in [-0.15, -0.1) is 0 Å². The van der Waals surface area contributed by atoms with E-state index in [0.29, 0.717) is 18.2 Å². The van der Waals surface area contributed by atoms with Gasteiger partial charge in [0.15, 0.2) is 0 Å². The van der Waals surface area contributed by atoms with Crippen molar-refractivity contribution in [1.29, 1.82) is 0 Å². The zero-order chi connectivity index (χ0) is 13.0. The van der Waals surface area contributed by atoms with Crippen LogP contribution in [0.25, 0.3) is 0 Å². The molecular weight excluding hydrogens is 228 g/mol. The Balaban J connectivity index is 1.88. The highest BCUT2D eigenvalue weighted by Gasteiger charge is 2.19. The van der Waals surface area contributed by atoms with Crippen LogP contribution < -0.4 is 5.32 Å². The van der Waals surface area contributed by atoms with E-state index in [1.165, 1.54) is 18.9 Å². The highest BCUT2D eigenvalue weighted by atomic mass is 16.3. The number of nitrogens with zero attached hydrogens (tertiary/aromatic N) is 1. The lowest BCUT2D eigenvalue weighted by atomic mass is 10.0. The maximum absolute atomic E-state index is 11.9. The van der Waals surface area contributed by atoms with Crippen LogP contribution in [-0.4, -0.2) is 42.1 Å². The van der Waals surface area contributed by atoms with Crippen LogP contribution in [0.1, 0.15) is 29.6 Å². The molecule has 1 amide bonds. The van der Waals surface area contributed by atoms with Crippen molar-refractivity contribution >= 4 is 5.91 Å². The molecule has 1 saturated heterocycles. The van der Waals surface area contributed by atoms with Crippen molar-refractivity contribution < 1.29 is 9.90 Å². The number of phenolic OH excluding ortho intramolecular Hbond substituents is 1. The van der Waals surface area contributed by atoms with E-state index in [1.54, 1.807) is 18.2 Å². The average Bonchev–Trinajstić information content (AvgIpc) is 2.37. The van der Waals surface area contributed by atoms with E-state index >= 15 is 0 Å². The SMILES string of the molecule is CN1CCCCC1CNC(=O)c1cccc(O)c1. The van der Waals surface area contributed by atoms with Crippen LogP contribution in [-0.2, 0) is 0 Å². The van der Waals surface area contributed by atoms with Crippen LogP contribution in [0.2, 0.25) is 0 Å². The predicted octanol–water partition coefficient (Wildman–Crippen LogP) is 1.61. The third kappa shape index (κ3) is 3.23. The number of piperidine rings is 1. The number of likely N-dealkylation sites (tertiary alicyclic amines) is 1. The largest absolute Gasteiger partial charge is 0.508 e. The first kappa shape index (κ1) is 12.9. The number of carbonyl (C=O) groups is 1. The van der Waals surface area contributed by atoms with Crippen molar-refractivity contribution in [3.05, 3.63) is 29.8 Å². The summed E-state index contributed by atoms with van der Waals surface area (Å²) < 4.78 is 0. The van der Waals surface area contributed by atoms with Gasteiger partial charge in [-0.3, -0.25) is 4.79 Å². The fraction of sp³-hybridized carbons (Fsp3) is 0.500. The molecule has 0 aliphatic carbocycles. The third-order valence-electron chi connectivity index (χ3n) is 3.53. The van der Waals surface area contributed by atoms with Crippen LogP contribution in [0.3, 0.4) is 0 Å². The molecule has 0 aromatic heterocycles. The van der Waals surface area contributed by atoms with Crippen molar-refractivity contribution in [2.75, 3.05) is 20.1 Å². The quantitative estimate of drug-likeness (QED) is 0.854. The summed E-state index contributed by atoms with van der Waals surface area (Å²) in [7, 11) is 2.10. The molecule has 4 nitrogen and oxygen atoms in total. The van der Waals surface area contributed by atoms with Crippen molar-refractivity contribution in [3.8, 4) is 5.75 Å². The van der Waals surface area contributed by atoms with E-state index < -0.39 is 0 Å². The smallest absolute Gasteiger partial charge is 0.251 e. The molecule has 1 unspecified atom stereocenters. The second-order valence-electron chi connectivity index (χ2n) is 4.89. The Kier molecular flexibility index (Phi) is 4.20. The number of hydrogen-bond donors (Lipinski definition) is 2. The Bertz CT molecular complexity index is 420. The normalized spacial score (nSPS) is 20.6. The first-order valence-corrected chi connectivity index (χ1v) is 6.44. The standard InChI is InChI=1S/C14H20N2O2/c1-16-8-3-2-6-12(16)10-15-14(18)11-5-4-7-13(17)9-11/h4-5,7,9,12,17H,2-3,6,8,10H2,1H3,(H,15,18). The van der Waals surface area contributed by atoms with Gasteiger partial charge in [0, 0.05) is 18.2 Å². The highest BCUT2D eigenvalue weighted by molar-refractivity contribution is 5.94. The number of benzene rings is 1. The minimum atomic E-state index is -0.120. The molecule has 18 heavy (non-hydrogen) atoms. The van der Waals surface area contributed by atoms with E-state index in [2.05, 4.69) is 17.3 Å². The van der Waals surface area contributed by atoms with Gasteiger partial charge >= 0.3 is 0 Å². The molecule has 2 N–H and O–H groups in total. The monoisotopic (exact) mass is 248 g/mol. The number of phenols is 1. The molecule has 0 spiro atoms. The first-order chi connectivity index (χ1) is 8.66. The fourth-order valence-electron chi connectivity index (χ4n) is 2.36. The zero-order valence-corrected chi connectivity index (χ0v) is 10.7. The molecule has 0 radical (unpaired) electrons. The summed E-state index contributed by atoms with van der Waals surface area (Å²) in [5.74, 6) is 0.00214. The number of likely N-dealkylation sites (N-methyl/N-ethyl adjacent to an activating group) is 1. The Morgan fingerprint density at radius 3 is 3.06 bits per heavy atom. The molecule has 1 aliphatic heterocycles. The summed E-state index contributed by atoms with van der Waals surface area (Å²) in [6.45, 7) is 1.78. The maximum atomic E-state index is 11.9. The van der Waals surface area contributed by atoms with Gasteiger partial charge in [0.2, 0.25) is 0 Å². The molecule has 4 heteroatoms. The Hall–Kier alpha value is -1.55. The zero-order valence-electron chi connectivity index (χ0n) is 10.7. The number of carbonyl (C=O) groups excluding carboxylic acids is 1. The van der Waals surface area contributed by atoms with E-state index in [9.17, 15) is 9.90 Å². The summed E-state index contributed by atoms with van der Waals surface area (Å²) in [6, 6.07) is 6.86. The highest BCUT2D eigenvalue weighted by Crippen LogP contribution is 2.15. The molecule has 1 fully saturated rings. The van der Waals surface area contributed by atoms with Crippen LogP contribution in [0.4, 0.5) is 0 Å². The summed E-state index contributed by atoms with van der Waals surface area (Å²) in [5.41, 5.74) is 0.508. The van der Waals surface area contributed by atoms with Crippen LogP contribution in [0, 0.1) is 0 Å². The first-order valence-electron chi connectivity index (χ1n) is 6.44. The number of aromatic hydroxyl groups is 1. The minimum Gasteiger partial charge on any atom is -0.508 e. The van der Waals surface area contributed by atoms with Crippen molar-refractivity contribution in [1.82, 2.24) is 10.2 Å². The molecule has 2 rings (SSSR count). The topological polar surface area (TPSA) is 52.6 Å². The summed E-state index contributed by atoms with van der Waals surface area (Å²) >= 11 is 0. The molecule has 0 bridgehead atoms. The van der Waals surface area contributed by atoms with E-state index in [-0.39, 0.29) is 11.7 Å². The summed E-state index contributed by atoms with van der Waals surface area (Å²) in [4.78, 5) is 14.2. The summed E-state index contributed by atoms with van der Waals surface area (Å²) in [6.07, 6.45) is 3.61. The Labute approximate surface area is 108 Å². The minimum absolute atomic E-state index is 0.120. The molecule has 1 heterocycles. The average molecular weight is 248 g/mol. The maximum Gasteiger partial charge on any atom is 0.251 e. The van der Waals surface area contributed by atoms with Gasteiger partial charge in [-0.1, -0.05) is 12.5 Å². The van der Waals surface area contributed by atoms with Gasteiger partial charge in [0.25, 0.3) is 5.91 Å². The van der Waals surface area contributed by atoms with Crippen molar-refractivity contribution in [3.63, 3.8) is 0 Å². The van der Waals surface area contributed by atoms with E-state index in [4.69, 9.17) is 0 Å². The second kappa shape index (κ2) is 5.87. The fourth-order valence-corrected chi connectivity index (χ4v) is 2.36. The van der Waals surface area contributed by atoms with Crippen LogP contribution in [0.5, 0.6) is 5.75 Å². The van der Waals surface area contributed by atoms with Gasteiger partial charge in [-0.05, 0) is 44.6 Å². The van der Waals surface area contributed by atoms with Gasteiger partial charge in [-0.2, -0.15) is 0 Å². The number of rotatable bonds is 3. The molecule has 0 saturated carbocycles. The molecule has 98 valence electrons. The van der Waals surface area contributed by atoms with Gasteiger partial charge < -0.3 is 15.3 Å². The molecule has 1 aromatic carbocycles. The van der Waals surface area contributed by atoms with Crippen molar-refractivity contribution in [2.45, 2.75) is 25.3 Å². The van der Waals surface area contributed by atoms with Crippen molar-refractivity contribution in [2.24, 2.45) is 0 Å². The Morgan fingerprint density at radius 2 is 2.33 bits per heavy atom. The van der Waals surface area contributed by atoms with Gasteiger partial charge in [0.1, 0.15) is 5.75 Å². The molecule has 1 atom stereocenters. The van der Waals surface area contributed by atoms with Crippen LogP contribution >= 0.6 is 0 Å². The molecule has 1 aliphatic rings. The van der Waals surface area contributed by atoms with Gasteiger partial charge in [-0.25, -0.2) is 0 Å².